The number of nitro benzene ring substituents is 1. The summed E-state index contributed by atoms with van der Waals surface area (Å²) in [6, 6.07) is 8.52. The lowest BCUT2D eigenvalue weighted by Crippen LogP contribution is -2.50. The number of alkyl halides is 3. The van der Waals surface area contributed by atoms with Gasteiger partial charge in [0, 0.05) is 56.5 Å². The maximum atomic E-state index is 13.0. The molecule has 4 rings (SSSR count). The van der Waals surface area contributed by atoms with Crippen molar-refractivity contribution in [2.45, 2.75) is 19.0 Å². The summed E-state index contributed by atoms with van der Waals surface area (Å²) in [6.07, 6.45) is -2.55. The van der Waals surface area contributed by atoms with Crippen molar-refractivity contribution in [3.63, 3.8) is 0 Å². The zero-order valence-electron chi connectivity index (χ0n) is 18.3. The highest BCUT2D eigenvalue weighted by molar-refractivity contribution is 5.97. The summed E-state index contributed by atoms with van der Waals surface area (Å²) < 4.78 is 38.2. The highest BCUT2D eigenvalue weighted by Crippen LogP contribution is 2.32. The fourth-order valence-electron chi connectivity index (χ4n) is 4.31. The van der Waals surface area contributed by atoms with Gasteiger partial charge in [0.25, 0.3) is 17.5 Å². The standard InChI is InChI=1S/C23H23F3N4O4/c24-23(25,26)18-6-3-16(4-7-18)21(31)28-11-13-29(14-12-28)22(32)17-5-8-19(20(15-17)30(33)34)27-9-1-2-10-27/h3-8,15H,1-2,9-14H2. The van der Waals surface area contributed by atoms with Crippen molar-refractivity contribution < 1.29 is 27.7 Å². The molecule has 2 aromatic carbocycles. The van der Waals surface area contributed by atoms with Gasteiger partial charge >= 0.3 is 6.18 Å². The van der Waals surface area contributed by atoms with Crippen LogP contribution in [-0.2, 0) is 6.18 Å². The van der Waals surface area contributed by atoms with Gasteiger partial charge in [0.1, 0.15) is 5.69 Å². The van der Waals surface area contributed by atoms with Crippen LogP contribution in [0.2, 0.25) is 0 Å². The van der Waals surface area contributed by atoms with Crippen LogP contribution in [0.15, 0.2) is 42.5 Å². The highest BCUT2D eigenvalue weighted by atomic mass is 19.4. The van der Waals surface area contributed by atoms with Gasteiger partial charge in [0.05, 0.1) is 10.5 Å². The average molecular weight is 476 g/mol. The summed E-state index contributed by atoms with van der Waals surface area (Å²) in [5, 5.41) is 11.6. The molecule has 2 amide bonds. The molecule has 0 radical (unpaired) electrons. The lowest BCUT2D eigenvalue weighted by Gasteiger charge is -2.35. The van der Waals surface area contributed by atoms with E-state index in [-0.39, 0.29) is 48.9 Å². The average Bonchev–Trinajstić information content (AvgIpc) is 3.37. The zero-order chi connectivity index (χ0) is 24.5. The second-order valence-corrected chi connectivity index (χ2v) is 8.31. The van der Waals surface area contributed by atoms with E-state index in [4.69, 9.17) is 0 Å². The molecule has 34 heavy (non-hydrogen) atoms. The minimum Gasteiger partial charge on any atom is -0.366 e. The summed E-state index contributed by atoms with van der Waals surface area (Å²) in [5.74, 6) is -0.774. The van der Waals surface area contributed by atoms with E-state index < -0.39 is 22.6 Å². The molecule has 0 bridgehead atoms. The molecular weight excluding hydrogens is 453 g/mol. The molecule has 0 N–H and O–H groups in total. The summed E-state index contributed by atoms with van der Waals surface area (Å²) in [5.41, 5.74) is -0.0859. The Kier molecular flexibility index (Phi) is 6.45. The molecule has 2 heterocycles. The normalized spacial score (nSPS) is 16.6. The smallest absolute Gasteiger partial charge is 0.366 e. The Morgan fingerprint density at radius 1 is 0.794 bits per heavy atom. The van der Waals surface area contributed by atoms with Crippen molar-refractivity contribution in [3.05, 3.63) is 69.3 Å². The van der Waals surface area contributed by atoms with Crippen LogP contribution in [0, 0.1) is 10.1 Å². The minimum absolute atomic E-state index is 0.108. The zero-order valence-corrected chi connectivity index (χ0v) is 18.3. The Hall–Kier alpha value is -3.63. The number of nitro groups is 1. The SMILES string of the molecule is O=C(c1ccc(C(F)(F)F)cc1)N1CCN(C(=O)c2ccc(N3CCCC3)c([N+](=O)[O-])c2)CC1. The van der Waals surface area contributed by atoms with E-state index in [1.807, 2.05) is 4.90 Å². The van der Waals surface area contributed by atoms with Gasteiger partial charge in [-0.05, 0) is 49.2 Å². The van der Waals surface area contributed by atoms with Crippen LogP contribution < -0.4 is 4.90 Å². The molecule has 2 aromatic rings. The van der Waals surface area contributed by atoms with Gasteiger partial charge in [0.2, 0.25) is 0 Å². The molecule has 11 heteroatoms. The van der Waals surface area contributed by atoms with E-state index in [0.717, 1.165) is 50.2 Å². The second kappa shape index (κ2) is 9.32. The Morgan fingerprint density at radius 2 is 1.29 bits per heavy atom. The van der Waals surface area contributed by atoms with Crippen molar-refractivity contribution in [2.24, 2.45) is 0 Å². The molecule has 0 aromatic heterocycles. The number of carbonyl (C=O) groups excluding carboxylic acids is 2. The van der Waals surface area contributed by atoms with Crippen LogP contribution in [0.5, 0.6) is 0 Å². The number of carbonyl (C=O) groups is 2. The van der Waals surface area contributed by atoms with Crippen molar-refractivity contribution in [2.75, 3.05) is 44.2 Å². The van der Waals surface area contributed by atoms with Crippen molar-refractivity contribution >= 4 is 23.2 Å². The molecule has 0 unspecified atom stereocenters. The fourth-order valence-corrected chi connectivity index (χ4v) is 4.31. The van der Waals surface area contributed by atoms with Crippen molar-refractivity contribution in [1.82, 2.24) is 9.80 Å². The van der Waals surface area contributed by atoms with Gasteiger partial charge in [-0.3, -0.25) is 19.7 Å². The van der Waals surface area contributed by atoms with Crippen molar-refractivity contribution in [3.8, 4) is 0 Å². The molecule has 2 aliphatic rings. The van der Waals surface area contributed by atoms with Gasteiger partial charge in [-0.15, -0.1) is 0 Å². The molecule has 8 nitrogen and oxygen atoms in total. The molecule has 2 fully saturated rings. The largest absolute Gasteiger partial charge is 0.416 e. The summed E-state index contributed by atoms with van der Waals surface area (Å²) >= 11 is 0. The van der Waals surface area contributed by atoms with Crippen LogP contribution in [0.4, 0.5) is 24.5 Å². The van der Waals surface area contributed by atoms with Gasteiger partial charge in [-0.1, -0.05) is 0 Å². The van der Waals surface area contributed by atoms with E-state index in [0.29, 0.717) is 5.69 Å². The van der Waals surface area contributed by atoms with Crippen molar-refractivity contribution in [1.29, 1.82) is 0 Å². The van der Waals surface area contributed by atoms with Crippen LogP contribution in [0.25, 0.3) is 0 Å². The minimum atomic E-state index is -4.48. The summed E-state index contributed by atoms with van der Waals surface area (Å²) in [6.45, 7) is 2.32. The van der Waals surface area contributed by atoms with Gasteiger partial charge in [-0.2, -0.15) is 13.2 Å². The van der Waals surface area contributed by atoms with Crippen LogP contribution >= 0.6 is 0 Å². The van der Waals surface area contributed by atoms with E-state index >= 15 is 0 Å². The van der Waals surface area contributed by atoms with Crippen LogP contribution in [0.1, 0.15) is 39.1 Å². The monoisotopic (exact) mass is 476 g/mol. The molecule has 2 aliphatic heterocycles. The van der Waals surface area contributed by atoms with Crippen LogP contribution in [-0.4, -0.2) is 65.8 Å². The number of hydrogen-bond donors (Lipinski definition) is 0. The predicted molar refractivity (Wildman–Crippen MR) is 118 cm³/mol. The first-order valence-corrected chi connectivity index (χ1v) is 10.9. The Labute approximate surface area is 193 Å². The Balaban J connectivity index is 1.41. The number of amides is 2. The number of piperazine rings is 1. The summed E-state index contributed by atoms with van der Waals surface area (Å²) in [4.78, 5) is 41.7. The number of anilines is 1. The number of nitrogens with zero attached hydrogens (tertiary/aromatic N) is 4. The number of hydrogen-bond acceptors (Lipinski definition) is 5. The first-order valence-electron chi connectivity index (χ1n) is 10.9. The third kappa shape index (κ3) is 4.82. The molecule has 2 saturated heterocycles. The molecule has 180 valence electrons. The number of halogens is 3. The molecular formula is C23H23F3N4O4. The van der Waals surface area contributed by atoms with Gasteiger partial charge < -0.3 is 14.7 Å². The lowest BCUT2D eigenvalue weighted by molar-refractivity contribution is -0.384. The Morgan fingerprint density at radius 3 is 1.79 bits per heavy atom. The van der Waals surface area contributed by atoms with Gasteiger partial charge in [-0.25, -0.2) is 0 Å². The van der Waals surface area contributed by atoms with E-state index in [9.17, 15) is 32.9 Å². The van der Waals surface area contributed by atoms with E-state index in [1.54, 1.807) is 12.1 Å². The molecule has 0 atom stereocenters. The number of benzene rings is 2. The first kappa shape index (κ1) is 23.5. The quantitative estimate of drug-likeness (QED) is 0.495. The maximum absolute atomic E-state index is 13.0. The third-order valence-electron chi connectivity index (χ3n) is 6.18. The van der Waals surface area contributed by atoms with E-state index in [2.05, 4.69) is 0 Å². The van der Waals surface area contributed by atoms with Gasteiger partial charge in [0.15, 0.2) is 0 Å². The lowest BCUT2D eigenvalue weighted by atomic mass is 10.1. The third-order valence-corrected chi connectivity index (χ3v) is 6.18. The molecule has 0 saturated carbocycles. The predicted octanol–water partition coefficient (Wildman–Crippen LogP) is 3.81. The Bertz CT molecular complexity index is 1090. The maximum Gasteiger partial charge on any atom is 0.416 e. The first-order chi connectivity index (χ1) is 16.1. The highest BCUT2D eigenvalue weighted by Gasteiger charge is 2.31. The topological polar surface area (TPSA) is 87.0 Å². The summed E-state index contributed by atoms with van der Waals surface area (Å²) in [7, 11) is 0. The van der Waals surface area contributed by atoms with E-state index in [1.165, 1.54) is 15.9 Å². The molecule has 0 aliphatic carbocycles. The number of rotatable bonds is 4. The fraction of sp³-hybridized carbons (Fsp3) is 0.391. The molecule has 0 spiro atoms. The second-order valence-electron chi connectivity index (χ2n) is 8.31. The van der Waals surface area contributed by atoms with Crippen LogP contribution in [0.3, 0.4) is 0 Å².